The Hall–Kier alpha value is -2.96. The van der Waals surface area contributed by atoms with Crippen molar-refractivity contribution in [1.82, 2.24) is 20.5 Å². The maximum Gasteiger partial charge on any atom is 0.317 e. The largest absolute Gasteiger partial charge is 0.352 e. The first kappa shape index (κ1) is 21.7. The number of piperidine rings is 1. The van der Waals surface area contributed by atoms with E-state index in [1.807, 2.05) is 32.0 Å². The Morgan fingerprint density at radius 2 is 2.07 bits per heavy atom. The third-order valence-electron chi connectivity index (χ3n) is 5.36. The Morgan fingerprint density at radius 3 is 2.73 bits per heavy atom. The molecule has 1 aliphatic rings. The monoisotopic (exact) mass is 412 g/mol. The third kappa shape index (κ3) is 5.55. The number of halogens is 1. The van der Waals surface area contributed by atoms with Crippen molar-refractivity contribution in [2.45, 2.75) is 45.7 Å². The van der Waals surface area contributed by atoms with Crippen LogP contribution in [-0.4, -0.2) is 41.0 Å². The van der Waals surface area contributed by atoms with Gasteiger partial charge in [0.2, 0.25) is 5.91 Å². The van der Waals surface area contributed by atoms with Gasteiger partial charge < -0.3 is 15.5 Å². The summed E-state index contributed by atoms with van der Waals surface area (Å²) in [4.78, 5) is 31.3. The van der Waals surface area contributed by atoms with Gasteiger partial charge in [-0.1, -0.05) is 18.2 Å². The van der Waals surface area contributed by atoms with Crippen LogP contribution in [0.4, 0.5) is 9.18 Å². The first-order valence-corrected chi connectivity index (χ1v) is 10.3. The molecular formula is C23H29FN4O2. The van der Waals surface area contributed by atoms with Gasteiger partial charge in [0, 0.05) is 44.0 Å². The van der Waals surface area contributed by atoms with Gasteiger partial charge in [-0.2, -0.15) is 0 Å². The molecule has 30 heavy (non-hydrogen) atoms. The van der Waals surface area contributed by atoms with Gasteiger partial charge in [-0.15, -0.1) is 0 Å². The average molecular weight is 413 g/mol. The molecule has 7 heteroatoms. The van der Waals surface area contributed by atoms with Crippen LogP contribution in [0.25, 0.3) is 0 Å². The van der Waals surface area contributed by atoms with Gasteiger partial charge >= 0.3 is 6.03 Å². The standard InChI is InChI=1S/C23H29FN4O2/c1-15(2)27-23(30)28-13-19(18-6-7-21(24)16(3)9-18)10-20(14-28)22(29)26-12-17-5-4-8-25-11-17/h4-9,11,15,19-20H,10,12-14H2,1-3H3,(H,26,29)(H,27,30)/t19-,20+/m0/s1. The molecule has 1 aliphatic heterocycles. The number of carbonyl (C=O) groups is 2. The predicted molar refractivity (Wildman–Crippen MR) is 113 cm³/mol. The summed E-state index contributed by atoms with van der Waals surface area (Å²) in [6.07, 6.45) is 4.01. The van der Waals surface area contributed by atoms with Crippen LogP contribution in [0.15, 0.2) is 42.7 Å². The maximum absolute atomic E-state index is 13.7. The van der Waals surface area contributed by atoms with Crippen LogP contribution in [-0.2, 0) is 11.3 Å². The number of hydrogen-bond acceptors (Lipinski definition) is 3. The summed E-state index contributed by atoms with van der Waals surface area (Å²) in [6.45, 7) is 6.77. The predicted octanol–water partition coefficient (Wildman–Crippen LogP) is 3.37. The number of amides is 3. The number of aryl methyl sites for hydroxylation is 1. The molecule has 0 spiro atoms. The van der Waals surface area contributed by atoms with Crippen molar-refractivity contribution in [2.75, 3.05) is 13.1 Å². The van der Waals surface area contributed by atoms with E-state index >= 15 is 0 Å². The molecule has 0 aliphatic carbocycles. The Balaban J connectivity index is 1.75. The molecular weight excluding hydrogens is 383 g/mol. The van der Waals surface area contributed by atoms with Crippen LogP contribution in [0.3, 0.4) is 0 Å². The number of rotatable bonds is 5. The first-order valence-electron chi connectivity index (χ1n) is 10.3. The van der Waals surface area contributed by atoms with Crippen LogP contribution in [0.2, 0.25) is 0 Å². The molecule has 2 atom stereocenters. The Bertz CT molecular complexity index is 888. The van der Waals surface area contributed by atoms with E-state index in [9.17, 15) is 14.0 Å². The molecule has 2 aromatic rings. The molecule has 3 amide bonds. The minimum absolute atomic E-state index is 0.00352. The second kappa shape index (κ2) is 9.69. The summed E-state index contributed by atoms with van der Waals surface area (Å²) >= 11 is 0. The van der Waals surface area contributed by atoms with E-state index in [0.29, 0.717) is 31.6 Å². The molecule has 6 nitrogen and oxygen atoms in total. The zero-order valence-corrected chi connectivity index (χ0v) is 17.7. The zero-order chi connectivity index (χ0) is 21.7. The van der Waals surface area contributed by atoms with E-state index in [-0.39, 0.29) is 35.6 Å². The molecule has 2 heterocycles. The molecule has 2 N–H and O–H groups in total. The van der Waals surface area contributed by atoms with Crippen molar-refractivity contribution in [1.29, 1.82) is 0 Å². The number of urea groups is 1. The molecule has 1 saturated heterocycles. The lowest BCUT2D eigenvalue weighted by Crippen LogP contribution is -2.52. The van der Waals surface area contributed by atoms with E-state index in [0.717, 1.165) is 11.1 Å². The van der Waals surface area contributed by atoms with Crippen LogP contribution >= 0.6 is 0 Å². The molecule has 1 aromatic heterocycles. The van der Waals surface area contributed by atoms with Crippen molar-refractivity contribution in [3.8, 4) is 0 Å². The lowest BCUT2D eigenvalue weighted by atomic mass is 9.83. The first-order chi connectivity index (χ1) is 14.3. The Kier molecular flexibility index (Phi) is 7.03. The minimum atomic E-state index is -0.344. The fourth-order valence-corrected chi connectivity index (χ4v) is 3.79. The second-order valence-corrected chi connectivity index (χ2v) is 8.23. The fraction of sp³-hybridized carbons (Fsp3) is 0.435. The molecule has 0 bridgehead atoms. The van der Waals surface area contributed by atoms with E-state index in [2.05, 4.69) is 15.6 Å². The van der Waals surface area contributed by atoms with E-state index in [4.69, 9.17) is 0 Å². The summed E-state index contributed by atoms with van der Waals surface area (Å²) in [5.74, 6) is -0.728. The zero-order valence-electron chi connectivity index (χ0n) is 17.7. The third-order valence-corrected chi connectivity index (χ3v) is 5.36. The van der Waals surface area contributed by atoms with E-state index < -0.39 is 0 Å². The molecule has 1 aromatic carbocycles. The quantitative estimate of drug-likeness (QED) is 0.791. The van der Waals surface area contributed by atoms with Gasteiger partial charge in [0.25, 0.3) is 0 Å². The fourth-order valence-electron chi connectivity index (χ4n) is 3.79. The number of aromatic nitrogens is 1. The average Bonchev–Trinajstić information content (AvgIpc) is 2.74. The van der Waals surface area contributed by atoms with E-state index in [1.54, 1.807) is 30.3 Å². The van der Waals surface area contributed by atoms with Crippen LogP contribution in [0.5, 0.6) is 0 Å². The lowest BCUT2D eigenvalue weighted by molar-refractivity contribution is -0.126. The van der Waals surface area contributed by atoms with Crippen LogP contribution < -0.4 is 10.6 Å². The number of hydrogen-bond donors (Lipinski definition) is 2. The summed E-state index contributed by atoms with van der Waals surface area (Å²) in [5, 5.41) is 5.87. The number of pyridine rings is 1. The Morgan fingerprint density at radius 1 is 1.27 bits per heavy atom. The SMILES string of the molecule is Cc1cc([C@H]2C[C@@H](C(=O)NCc3cccnc3)CN(C(=O)NC(C)C)C2)ccc1F. The van der Waals surface area contributed by atoms with Crippen molar-refractivity contribution >= 4 is 11.9 Å². The molecule has 0 unspecified atom stereocenters. The van der Waals surface area contributed by atoms with Crippen molar-refractivity contribution in [3.05, 3.63) is 65.2 Å². The highest BCUT2D eigenvalue weighted by atomic mass is 19.1. The van der Waals surface area contributed by atoms with Crippen molar-refractivity contribution < 1.29 is 14.0 Å². The highest BCUT2D eigenvalue weighted by Crippen LogP contribution is 2.31. The van der Waals surface area contributed by atoms with Gasteiger partial charge in [0.15, 0.2) is 0 Å². The maximum atomic E-state index is 13.7. The van der Waals surface area contributed by atoms with Crippen LogP contribution in [0.1, 0.15) is 42.9 Å². The van der Waals surface area contributed by atoms with Gasteiger partial charge in [0.05, 0.1) is 5.92 Å². The summed E-state index contributed by atoms with van der Waals surface area (Å²) in [7, 11) is 0. The van der Waals surface area contributed by atoms with Gasteiger partial charge in [-0.3, -0.25) is 9.78 Å². The Labute approximate surface area is 176 Å². The molecule has 160 valence electrons. The van der Waals surface area contributed by atoms with Crippen LogP contribution in [0, 0.1) is 18.7 Å². The molecule has 0 saturated carbocycles. The van der Waals surface area contributed by atoms with Gasteiger partial charge in [-0.05, 0) is 56.0 Å². The van der Waals surface area contributed by atoms with Crippen molar-refractivity contribution in [3.63, 3.8) is 0 Å². The number of nitrogens with zero attached hydrogens (tertiary/aromatic N) is 2. The summed E-state index contributed by atoms with van der Waals surface area (Å²) in [5.41, 5.74) is 2.43. The normalized spacial score (nSPS) is 18.9. The topological polar surface area (TPSA) is 74.3 Å². The number of likely N-dealkylation sites (tertiary alicyclic amines) is 1. The molecule has 0 radical (unpaired) electrons. The summed E-state index contributed by atoms with van der Waals surface area (Å²) < 4.78 is 13.7. The molecule has 1 fully saturated rings. The highest BCUT2D eigenvalue weighted by molar-refractivity contribution is 5.81. The van der Waals surface area contributed by atoms with E-state index in [1.165, 1.54) is 6.07 Å². The minimum Gasteiger partial charge on any atom is -0.352 e. The second-order valence-electron chi connectivity index (χ2n) is 8.23. The smallest absolute Gasteiger partial charge is 0.317 e. The van der Waals surface area contributed by atoms with Gasteiger partial charge in [0.1, 0.15) is 5.82 Å². The highest BCUT2D eigenvalue weighted by Gasteiger charge is 2.34. The summed E-state index contributed by atoms with van der Waals surface area (Å²) in [6, 6.07) is 8.57. The molecule has 3 rings (SSSR count). The number of nitrogens with one attached hydrogen (secondary N) is 2. The van der Waals surface area contributed by atoms with Gasteiger partial charge in [-0.25, -0.2) is 9.18 Å². The van der Waals surface area contributed by atoms with Crippen molar-refractivity contribution in [2.24, 2.45) is 5.92 Å². The lowest BCUT2D eigenvalue weighted by Gasteiger charge is -2.38. The number of carbonyl (C=O) groups excluding carboxylic acids is 2. The number of benzene rings is 1.